The van der Waals surface area contributed by atoms with Gasteiger partial charge in [0.1, 0.15) is 0 Å². The number of halogens is 1. The van der Waals surface area contributed by atoms with E-state index >= 15 is 0 Å². The first-order chi connectivity index (χ1) is 7.55. The Morgan fingerprint density at radius 1 is 1.44 bits per heavy atom. The Balaban J connectivity index is 2.02. The van der Waals surface area contributed by atoms with Gasteiger partial charge in [-0.3, -0.25) is 4.98 Å². The lowest BCUT2D eigenvalue weighted by Crippen LogP contribution is -2.45. The minimum atomic E-state index is -3.01. The van der Waals surface area contributed by atoms with Crippen molar-refractivity contribution in [1.29, 1.82) is 0 Å². The Hall–Kier alpha value is -0.460. The molecule has 16 heavy (non-hydrogen) atoms. The Bertz CT molecular complexity index is 471. The van der Waals surface area contributed by atoms with Gasteiger partial charge in [0.15, 0.2) is 9.84 Å². The maximum Gasteiger partial charge on any atom is 0.154 e. The zero-order chi connectivity index (χ0) is 11.6. The molecular formula is C10H13BrN2O2S. The number of hydrogen-bond acceptors (Lipinski definition) is 4. The number of nitrogens with zero attached hydrogens (tertiary/aromatic N) is 1. The van der Waals surface area contributed by atoms with Crippen molar-refractivity contribution in [1.82, 2.24) is 10.3 Å². The molecule has 1 N–H and O–H groups in total. The molecular weight excluding hydrogens is 292 g/mol. The Kier molecular flexibility index (Phi) is 3.61. The average molecular weight is 305 g/mol. The molecule has 0 atom stereocenters. The topological polar surface area (TPSA) is 59.1 Å². The van der Waals surface area contributed by atoms with Crippen molar-refractivity contribution in [2.45, 2.75) is 5.75 Å². The molecule has 1 aliphatic heterocycles. The van der Waals surface area contributed by atoms with Crippen LogP contribution in [0.5, 0.6) is 0 Å². The van der Waals surface area contributed by atoms with Gasteiger partial charge in [-0.05, 0) is 33.5 Å². The number of sulfone groups is 1. The summed E-state index contributed by atoms with van der Waals surface area (Å²) in [5.74, 6) is 0.632. The number of pyridine rings is 1. The third-order valence-electron chi connectivity index (χ3n) is 2.50. The molecule has 1 aromatic heterocycles. The zero-order valence-electron chi connectivity index (χ0n) is 8.69. The van der Waals surface area contributed by atoms with E-state index in [4.69, 9.17) is 0 Å². The van der Waals surface area contributed by atoms with E-state index in [1.165, 1.54) is 0 Å². The van der Waals surface area contributed by atoms with E-state index in [1.807, 2.05) is 0 Å². The summed E-state index contributed by atoms with van der Waals surface area (Å²) in [6.45, 7) is 1.63. The lowest BCUT2D eigenvalue weighted by atomic mass is 10.1. The van der Waals surface area contributed by atoms with Gasteiger partial charge < -0.3 is 5.32 Å². The quantitative estimate of drug-likeness (QED) is 0.901. The van der Waals surface area contributed by atoms with E-state index in [-0.39, 0.29) is 17.4 Å². The molecule has 0 unspecified atom stereocenters. The Morgan fingerprint density at radius 2 is 2.19 bits per heavy atom. The van der Waals surface area contributed by atoms with Gasteiger partial charge in [0.05, 0.1) is 11.5 Å². The van der Waals surface area contributed by atoms with Crippen molar-refractivity contribution in [2.75, 3.05) is 18.8 Å². The summed E-state index contributed by atoms with van der Waals surface area (Å²) >= 11 is 3.28. The van der Waals surface area contributed by atoms with Crippen molar-refractivity contribution in [3.05, 3.63) is 28.5 Å². The minimum absolute atomic E-state index is 0.0793. The molecule has 1 aliphatic rings. The molecule has 6 heteroatoms. The molecule has 2 rings (SSSR count). The zero-order valence-corrected chi connectivity index (χ0v) is 11.1. The van der Waals surface area contributed by atoms with Crippen LogP contribution in [0.2, 0.25) is 0 Å². The first-order valence-electron chi connectivity index (χ1n) is 5.06. The van der Waals surface area contributed by atoms with Gasteiger partial charge in [-0.2, -0.15) is 0 Å². The van der Waals surface area contributed by atoms with E-state index < -0.39 is 9.84 Å². The van der Waals surface area contributed by atoms with E-state index in [1.54, 1.807) is 18.5 Å². The summed E-state index contributed by atoms with van der Waals surface area (Å²) in [5, 5.41) is 3.07. The Morgan fingerprint density at radius 3 is 2.75 bits per heavy atom. The molecule has 88 valence electrons. The van der Waals surface area contributed by atoms with Crippen molar-refractivity contribution in [3.8, 4) is 0 Å². The number of hydrogen-bond donors (Lipinski definition) is 1. The predicted molar refractivity (Wildman–Crippen MR) is 65.8 cm³/mol. The van der Waals surface area contributed by atoms with Gasteiger partial charge in [-0.1, -0.05) is 0 Å². The molecule has 1 aromatic rings. The number of rotatable bonds is 4. The van der Waals surface area contributed by atoms with Crippen molar-refractivity contribution in [3.63, 3.8) is 0 Å². The molecule has 0 saturated carbocycles. The summed E-state index contributed by atoms with van der Waals surface area (Å²) in [5.41, 5.74) is 0.738. The van der Waals surface area contributed by atoms with Crippen LogP contribution in [-0.4, -0.2) is 32.2 Å². The molecule has 0 radical (unpaired) electrons. The SMILES string of the molecule is O=S(=O)(Cc1cncc(Br)c1)CC1CNC1. The van der Waals surface area contributed by atoms with Gasteiger partial charge in [0.2, 0.25) is 0 Å². The number of aromatic nitrogens is 1. The molecule has 1 saturated heterocycles. The van der Waals surface area contributed by atoms with Crippen LogP contribution < -0.4 is 5.32 Å². The van der Waals surface area contributed by atoms with Crippen LogP contribution in [0.4, 0.5) is 0 Å². The standard InChI is InChI=1S/C10H13BrN2O2S/c11-10-1-8(2-13-5-10)6-16(14,15)7-9-3-12-4-9/h1-2,5,9,12H,3-4,6-7H2. The van der Waals surface area contributed by atoms with E-state index in [9.17, 15) is 8.42 Å². The van der Waals surface area contributed by atoms with Gasteiger partial charge >= 0.3 is 0 Å². The maximum absolute atomic E-state index is 11.8. The lowest BCUT2D eigenvalue weighted by Gasteiger charge is -2.26. The van der Waals surface area contributed by atoms with Gasteiger partial charge in [-0.15, -0.1) is 0 Å². The Labute approximate surface area is 104 Å². The first-order valence-corrected chi connectivity index (χ1v) is 7.67. The van der Waals surface area contributed by atoms with Crippen LogP contribution in [-0.2, 0) is 15.6 Å². The second-order valence-electron chi connectivity index (χ2n) is 4.09. The molecule has 0 spiro atoms. The third-order valence-corrected chi connectivity index (χ3v) is 4.69. The summed E-state index contributed by atoms with van der Waals surface area (Å²) < 4.78 is 24.5. The molecule has 0 aliphatic carbocycles. The highest BCUT2D eigenvalue weighted by molar-refractivity contribution is 9.10. The van der Waals surface area contributed by atoms with Crippen LogP contribution in [0.3, 0.4) is 0 Å². The summed E-state index contributed by atoms with van der Waals surface area (Å²) in [4.78, 5) is 3.96. The average Bonchev–Trinajstić information content (AvgIpc) is 2.11. The molecule has 1 fully saturated rings. The number of nitrogens with one attached hydrogen (secondary N) is 1. The second-order valence-corrected chi connectivity index (χ2v) is 7.12. The minimum Gasteiger partial charge on any atom is -0.316 e. The van der Waals surface area contributed by atoms with E-state index in [0.29, 0.717) is 0 Å². The van der Waals surface area contributed by atoms with Crippen molar-refractivity contribution < 1.29 is 8.42 Å². The summed E-state index contributed by atoms with van der Waals surface area (Å²) in [7, 11) is -3.01. The lowest BCUT2D eigenvalue weighted by molar-refractivity contribution is 0.378. The molecule has 0 amide bonds. The van der Waals surface area contributed by atoms with Crippen molar-refractivity contribution in [2.24, 2.45) is 5.92 Å². The smallest absolute Gasteiger partial charge is 0.154 e. The van der Waals surface area contributed by atoms with Crippen LogP contribution >= 0.6 is 15.9 Å². The van der Waals surface area contributed by atoms with Gasteiger partial charge in [-0.25, -0.2) is 8.42 Å². The third kappa shape index (κ3) is 3.26. The first kappa shape index (κ1) is 12.0. The second kappa shape index (κ2) is 4.81. The van der Waals surface area contributed by atoms with E-state index in [0.717, 1.165) is 23.1 Å². The largest absolute Gasteiger partial charge is 0.316 e. The van der Waals surface area contributed by atoms with Crippen LogP contribution in [0.25, 0.3) is 0 Å². The fraction of sp³-hybridized carbons (Fsp3) is 0.500. The molecule has 4 nitrogen and oxygen atoms in total. The highest BCUT2D eigenvalue weighted by Crippen LogP contribution is 2.15. The maximum atomic E-state index is 11.8. The molecule has 2 heterocycles. The molecule has 0 bridgehead atoms. The normalized spacial score (nSPS) is 17.1. The van der Waals surface area contributed by atoms with Crippen LogP contribution in [0.15, 0.2) is 22.9 Å². The van der Waals surface area contributed by atoms with Crippen LogP contribution in [0, 0.1) is 5.92 Å². The van der Waals surface area contributed by atoms with Gasteiger partial charge in [0, 0.05) is 30.0 Å². The van der Waals surface area contributed by atoms with Gasteiger partial charge in [0.25, 0.3) is 0 Å². The fourth-order valence-electron chi connectivity index (χ4n) is 1.67. The molecule has 0 aromatic carbocycles. The highest BCUT2D eigenvalue weighted by atomic mass is 79.9. The summed E-state index contributed by atoms with van der Waals surface area (Å²) in [6, 6.07) is 1.80. The highest BCUT2D eigenvalue weighted by Gasteiger charge is 2.24. The monoisotopic (exact) mass is 304 g/mol. The predicted octanol–water partition coefficient (Wildman–Crippen LogP) is 0.978. The van der Waals surface area contributed by atoms with E-state index in [2.05, 4.69) is 26.2 Å². The van der Waals surface area contributed by atoms with Crippen molar-refractivity contribution >= 4 is 25.8 Å². The van der Waals surface area contributed by atoms with Crippen LogP contribution in [0.1, 0.15) is 5.56 Å². The fourth-order valence-corrected chi connectivity index (χ4v) is 3.82. The summed E-state index contributed by atoms with van der Waals surface area (Å²) in [6.07, 6.45) is 3.24.